The van der Waals surface area contributed by atoms with Gasteiger partial charge in [0.1, 0.15) is 5.82 Å². The van der Waals surface area contributed by atoms with Gasteiger partial charge in [0.2, 0.25) is 5.95 Å². The van der Waals surface area contributed by atoms with E-state index in [2.05, 4.69) is 34.4 Å². The molecule has 1 aromatic heterocycles. The van der Waals surface area contributed by atoms with Crippen LogP contribution in [0, 0.1) is 5.92 Å². The molecule has 0 radical (unpaired) electrons. The lowest BCUT2D eigenvalue weighted by atomic mass is 9.93. The molecule has 2 rings (SSSR count). The summed E-state index contributed by atoms with van der Waals surface area (Å²) in [7, 11) is 0. The highest BCUT2D eigenvalue weighted by Gasteiger charge is 2.19. The monoisotopic (exact) mass is 278 g/mol. The molecule has 112 valence electrons. The van der Waals surface area contributed by atoms with Gasteiger partial charge in [0.25, 0.3) is 0 Å². The number of nitrogens with one attached hydrogen (secondary N) is 2. The lowest BCUT2D eigenvalue weighted by molar-refractivity contribution is 0.126. The van der Waals surface area contributed by atoms with E-state index in [1.54, 1.807) is 6.20 Å². The van der Waals surface area contributed by atoms with Gasteiger partial charge in [-0.3, -0.25) is 0 Å². The zero-order valence-corrected chi connectivity index (χ0v) is 12.5. The molecular weight excluding hydrogens is 252 g/mol. The highest BCUT2D eigenvalue weighted by molar-refractivity contribution is 5.39. The van der Waals surface area contributed by atoms with Crippen LogP contribution in [0.1, 0.15) is 46.0 Å². The predicted octanol–water partition coefficient (Wildman–Crippen LogP) is 2.65. The first-order valence-electron chi connectivity index (χ1n) is 7.65. The normalized spacial score (nSPS) is 22.8. The molecule has 5 nitrogen and oxygen atoms in total. The fraction of sp³-hybridized carbons (Fsp3) is 0.733. The summed E-state index contributed by atoms with van der Waals surface area (Å²) in [6, 6.07) is 2.28. The van der Waals surface area contributed by atoms with Crippen LogP contribution in [0.5, 0.6) is 0 Å². The maximum Gasteiger partial charge on any atom is 0.224 e. The molecule has 1 aliphatic rings. The van der Waals surface area contributed by atoms with E-state index in [0.29, 0.717) is 17.9 Å². The fourth-order valence-corrected chi connectivity index (χ4v) is 2.42. The number of aliphatic hydroxyl groups excluding tert-OH is 1. The van der Waals surface area contributed by atoms with Gasteiger partial charge in [-0.1, -0.05) is 13.8 Å². The van der Waals surface area contributed by atoms with Gasteiger partial charge in [0, 0.05) is 18.8 Å². The van der Waals surface area contributed by atoms with Crippen LogP contribution in [0.4, 0.5) is 11.8 Å². The van der Waals surface area contributed by atoms with Gasteiger partial charge in [-0.25, -0.2) is 4.98 Å². The number of hydrogen-bond acceptors (Lipinski definition) is 5. The van der Waals surface area contributed by atoms with E-state index < -0.39 is 0 Å². The third-order valence-corrected chi connectivity index (χ3v) is 3.71. The summed E-state index contributed by atoms with van der Waals surface area (Å²) in [5.74, 6) is 2.25. The van der Waals surface area contributed by atoms with Crippen molar-refractivity contribution >= 4 is 11.8 Å². The molecule has 1 aliphatic carbocycles. The van der Waals surface area contributed by atoms with Gasteiger partial charge < -0.3 is 15.7 Å². The lowest BCUT2D eigenvalue weighted by Crippen LogP contribution is -2.29. The Bertz CT molecular complexity index is 403. The first kappa shape index (κ1) is 15.0. The van der Waals surface area contributed by atoms with Crippen molar-refractivity contribution in [2.24, 2.45) is 5.92 Å². The van der Waals surface area contributed by atoms with Crippen molar-refractivity contribution < 1.29 is 5.11 Å². The Balaban J connectivity index is 1.82. The molecule has 1 aromatic rings. The molecule has 1 heterocycles. The molecule has 1 fully saturated rings. The molecule has 0 unspecified atom stereocenters. The van der Waals surface area contributed by atoms with Gasteiger partial charge in [-0.15, -0.1) is 0 Å². The molecule has 20 heavy (non-hydrogen) atoms. The number of aromatic nitrogens is 2. The minimum absolute atomic E-state index is 0.127. The van der Waals surface area contributed by atoms with Crippen LogP contribution in [0.15, 0.2) is 12.3 Å². The topological polar surface area (TPSA) is 70.1 Å². The summed E-state index contributed by atoms with van der Waals surface area (Å²) in [5, 5.41) is 16.2. The number of hydrogen-bond donors (Lipinski definition) is 3. The average molecular weight is 278 g/mol. The lowest BCUT2D eigenvalue weighted by Gasteiger charge is -2.26. The average Bonchev–Trinajstić information content (AvgIpc) is 2.41. The van der Waals surface area contributed by atoms with Gasteiger partial charge >= 0.3 is 0 Å². The minimum Gasteiger partial charge on any atom is -0.393 e. The molecule has 3 N–H and O–H groups in total. The van der Waals surface area contributed by atoms with Crippen LogP contribution in [0.25, 0.3) is 0 Å². The number of nitrogens with zero attached hydrogens (tertiary/aromatic N) is 2. The van der Waals surface area contributed by atoms with Crippen LogP contribution in [0.3, 0.4) is 0 Å². The Morgan fingerprint density at radius 1 is 1.30 bits per heavy atom. The summed E-state index contributed by atoms with van der Waals surface area (Å²) in [6.07, 6.45) is 6.48. The highest BCUT2D eigenvalue weighted by atomic mass is 16.3. The largest absolute Gasteiger partial charge is 0.393 e. The van der Waals surface area contributed by atoms with Gasteiger partial charge in [0.05, 0.1) is 6.10 Å². The summed E-state index contributed by atoms with van der Waals surface area (Å²) in [6.45, 7) is 5.36. The maximum atomic E-state index is 9.51. The third-order valence-electron chi connectivity index (χ3n) is 3.71. The van der Waals surface area contributed by atoms with E-state index in [9.17, 15) is 5.11 Å². The first-order valence-corrected chi connectivity index (χ1v) is 7.65. The van der Waals surface area contributed by atoms with E-state index in [-0.39, 0.29) is 6.10 Å². The number of anilines is 2. The van der Waals surface area contributed by atoms with Crippen molar-refractivity contribution in [3.63, 3.8) is 0 Å². The molecule has 0 atom stereocenters. The summed E-state index contributed by atoms with van der Waals surface area (Å²) in [5.41, 5.74) is 0. The Kier molecular flexibility index (Phi) is 5.59. The smallest absolute Gasteiger partial charge is 0.224 e. The van der Waals surface area contributed by atoms with E-state index >= 15 is 0 Å². The third kappa shape index (κ3) is 4.96. The predicted molar refractivity (Wildman–Crippen MR) is 81.9 cm³/mol. The molecule has 0 bridgehead atoms. The quantitative estimate of drug-likeness (QED) is 0.746. The van der Waals surface area contributed by atoms with Crippen LogP contribution in [-0.2, 0) is 0 Å². The Morgan fingerprint density at radius 3 is 2.75 bits per heavy atom. The minimum atomic E-state index is -0.127. The summed E-state index contributed by atoms with van der Waals surface area (Å²) < 4.78 is 0. The zero-order chi connectivity index (χ0) is 14.4. The summed E-state index contributed by atoms with van der Waals surface area (Å²) in [4.78, 5) is 8.76. The van der Waals surface area contributed by atoms with Gasteiger partial charge in [-0.2, -0.15) is 4.98 Å². The van der Waals surface area contributed by atoms with Gasteiger partial charge in [0.15, 0.2) is 0 Å². The van der Waals surface area contributed by atoms with Crippen molar-refractivity contribution in [2.75, 3.05) is 17.2 Å². The zero-order valence-electron chi connectivity index (χ0n) is 12.5. The molecule has 0 aliphatic heterocycles. The van der Waals surface area contributed by atoms with E-state index in [4.69, 9.17) is 0 Å². The maximum absolute atomic E-state index is 9.51. The SMILES string of the molecule is CC(C)CCNc1ccnc(NC2CCC(O)CC2)n1. The van der Waals surface area contributed by atoms with Gasteiger partial charge in [-0.05, 0) is 44.1 Å². The summed E-state index contributed by atoms with van der Waals surface area (Å²) >= 11 is 0. The molecule has 0 aromatic carbocycles. The van der Waals surface area contributed by atoms with Crippen molar-refractivity contribution in [1.29, 1.82) is 0 Å². The van der Waals surface area contributed by atoms with Crippen molar-refractivity contribution in [2.45, 2.75) is 58.1 Å². The second-order valence-electron chi connectivity index (χ2n) is 6.02. The number of aliphatic hydroxyl groups is 1. The van der Waals surface area contributed by atoms with Crippen LogP contribution in [0.2, 0.25) is 0 Å². The van der Waals surface area contributed by atoms with E-state index in [1.165, 1.54) is 0 Å². The van der Waals surface area contributed by atoms with Crippen LogP contribution >= 0.6 is 0 Å². The Morgan fingerprint density at radius 2 is 2.05 bits per heavy atom. The fourth-order valence-electron chi connectivity index (χ4n) is 2.42. The standard InChI is InChI=1S/C15H26N4O/c1-11(2)7-9-16-14-8-10-17-15(19-14)18-12-3-5-13(20)6-4-12/h8,10-13,20H,3-7,9H2,1-2H3,(H2,16,17,18,19). The van der Waals surface area contributed by atoms with Crippen LogP contribution in [-0.4, -0.2) is 33.8 Å². The first-order chi connectivity index (χ1) is 9.63. The van der Waals surface area contributed by atoms with Crippen molar-refractivity contribution in [1.82, 2.24) is 9.97 Å². The molecule has 1 saturated carbocycles. The molecule has 0 amide bonds. The Hall–Kier alpha value is -1.36. The Labute approximate surface area is 121 Å². The van der Waals surface area contributed by atoms with Crippen molar-refractivity contribution in [3.8, 4) is 0 Å². The molecule has 5 heteroatoms. The van der Waals surface area contributed by atoms with E-state index in [0.717, 1.165) is 44.5 Å². The second kappa shape index (κ2) is 7.43. The highest BCUT2D eigenvalue weighted by Crippen LogP contribution is 2.21. The van der Waals surface area contributed by atoms with Crippen molar-refractivity contribution in [3.05, 3.63) is 12.3 Å². The van der Waals surface area contributed by atoms with E-state index in [1.807, 2.05) is 6.07 Å². The number of rotatable bonds is 6. The molecule has 0 spiro atoms. The van der Waals surface area contributed by atoms with Crippen LogP contribution < -0.4 is 10.6 Å². The molecule has 0 saturated heterocycles. The molecular formula is C15H26N4O. The second-order valence-corrected chi connectivity index (χ2v) is 6.02.